The number of nitrogens with zero attached hydrogens (tertiary/aromatic N) is 2. The van der Waals surface area contributed by atoms with Crippen molar-refractivity contribution in [1.29, 1.82) is 0 Å². The normalized spacial score (nSPS) is 21.4. The summed E-state index contributed by atoms with van der Waals surface area (Å²) in [7, 11) is 1.57. The number of Topliss-reactive ketones (excluding diaryl/α,β-unsaturated/α-hetero) is 3. The van der Waals surface area contributed by atoms with Crippen LogP contribution in [0.3, 0.4) is 0 Å². The lowest BCUT2D eigenvalue weighted by molar-refractivity contribution is -0.149. The van der Waals surface area contributed by atoms with Crippen LogP contribution in [-0.2, 0) is 19.1 Å². The number of likely N-dealkylation sites (tertiary alicyclic amines) is 1. The number of aromatic amines is 1. The molecule has 3 aromatic rings. The fraction of sp³-hybridized carbons (Fsp3) is 0.455. The van der Waals surface area contributed by atoms with E-state index < -0.39 is 30.3 Å². The van der Waals surface area contributed by atoms with Crippen LogP contribution in [0.2, 0.25) is 0 Å². The number of ketones is 3. The first kappa shape index (κ1) is 30.1. The molecule has 0 bridgehead atoms. The van der Waals surface area contributed by atoms with E-state index in [4.69, 9.17) is 9.47 Å². The van der Waals surface area contributed by atoms with Crippen molar-refractivity contribution in [3.05, 3.63) is 60.0 Å². The van der Waals surface area contributed by atoms with E-state index in [1.54, 1.807) is 25.3 Å². The number of piperidine rings is 1. The van der Waals surface area contributed by atoms with Crippen molar-refractivity contribution in [2.24, 2.45) is 17.8 Å². The number of aromatic nitrogens is 2. The fourth-order valence-electron chi connectivity index (χ4n) is 6.37. The summed E-state index contributed by atoms with van der Waals surface area (Å²) in [6.07, 6.45) is 6.36. The van der Waals surface area contributed by atoms with Crippen molar-refractivity contribution in [3.8, 4) is 5.75 Å². The molecule has 0 radical (unpaired) electrons. The molecule has 5 rings (SSSR count). The molecule has 1 N–H and O–H groups in total. The third-order valence-corrected chi connectivity index (χ3v) is 8.58. The molecule has 1 aliphatic heterocycles. The lowest BCUT2D eigenvalue weighted by Gasteiger charge is -2.41. The number of H-pyrrole nitrogens is 1. The third-order valence-electron chi connectivity index (χ3n) is 8.58. The molecule has 10 heteroatoms. The molecule has 43 heavy (non-hydrogen) atoms. The van der Waals surface area contributed by atoms with E-state index in [1.807, 2.05) is 25.1 Å². The molecule has 1 aromatic carbocycles. The van der Waals surface area contributed by atoms with Gasteiger partial charge >= 0.3 is 5.97 Å². The van der Waals surface area contributed by atoms with Crippen molar-refractivity contribution in [3.63, 3.8) is 0 Å². The Hall–Kier alpha value is -4.34. The summed E-state index contributed by atoms with van der Waals surface area (Å²) in [5, 5.41) is 0.780. The van der Waals surface area contributed by atoms with Crippen molar-refractivity contribution < 1.29 is 33.4 Å². The van der Waals surface area contributed by atoms with E-state index in [1.165, 1.54) is 17.3 Å². The average molecular weight is 588 g/mol. The zero-order chi connectivity index (χ0) is 30.5. The quantitative estimate of drug-likeness (QED) is 0.255. The molecule has 10 nitrogen and oxygen atoms in total. The fourth-order valence-corrected chi connectivity index (χ4v) is 6.37. The highest BCUT2D eigenvalue weighted by atomic mass is 16.5. The van der Waals surface area contributed by atoms with Crippen molar-refractivity contribution in [2.75, 3.05) is 20.3 Å². The van der Waals surface area contributed by atoms with Crippen LogP contribution in [0.5, 0.6) is 5.75 Å². The highest BCUT2D eigenvalue weighted by Crippen LogP contribution is 2.33. The number of pyridine rings is 1. The molecular weight excluding hydrogens is 550 g/mol. The number of ether oxygens (including phenoxy) is 2. The molecule has 3 heterocycles. The molecule has 0 spiro atoms. The van der Waals surface area contributed by atoms with E-state index in [-0.39, 0.29) is 47.7 Å². The predicted molar refractivity (Wildman–Crippen MR) is 158 cm³/mol. The maximum absolute atomic E-state index is 13.9. The Bertz CT molecular complexity index is 1520. The second kappa shape index (κ2) is 13.3. The first-order valence-corrected chi connectivity index (χ1v) is 14.9. The third kappa shape index (κ3) is 6.84. The summed E-state index contributed by atoms with van der Waals surface area (Å²) in [6.45, 7) is 1.78. The van der Waals surface area contributed by atoms with Gasteiger partial charge in [0.15, 0.2) is 18.2 Å². The maximum atomic E-state index is 13.9. The molecule has 2 aliphatic rings. The smallest absolute Gasteiger partial charge is 0.340 e. The Morgan fingerprint density at radius 2 is 1.95 bits per heavy atom. The van der Waals surface area contributed by atoms with Gasteiger partial charge in [0.05, 0.1) is 24.4 Å². The van der Waals surface area contributed by atoms with Gasteiger partial charge in [0, 0.05) is 54.5 Å². The topological polar surface area (TPSA) is 136 Å². The van der Waals surface area contributed by atoms with Crippen LogP contribution in [0.1, 0.15) is 72.7 Å². The minimum atomic E-state index is -0.932. The number of fused-ring (bicyclic) bond motifs is 1. The molecule has 2 aromatic heterocycles. The molecule has 1 saturated carbocycles. The molecule has 1 saturated heterocycles. The van der Waals surface area contributed by atoms with Gasteiger partial charge in [-0.25, -0.2) is 4.79 Å². The minimum Gasteiger partial charge on any atom is -0.496 e. The van der Waals surface area contributed by atoms with Crippen LogP contribution in [0, 0.1) is 17.8 Å². The average Bonchev–Trinajstić information content (AvgIpc) is 3.46. The van der Waals surface area contributed by atoms with E-state index in [0.29, 0.717) is 37.3 Å². The lowest BCUT2D eigenvalue weighted by atomic mass is 9.80. The summed E-state index contributed by atoms with van der Waals surface area (Å²) in [4.78, 5) is 74.8. The van der Waals surface area contributed by atoms with Crippen LogP contribution in [0.4, 0.5) is 0 Å². The monoisotopic (exact) mass is 587 g/mol. The van der Waals surface area contributed by atoms with Crippen LogP contribution in [0.25, 0.3) is 10.9 Å². The standard InChI is InChI=1S/C33H37N3O7/c1-20-13-23(15-29(38)26-16-24-25(35-26)9-5-11-31(24)42-2)32(40)36(18-20)27(14-21-7-3-4-10-28(21)37)30(39)19-43-33(41)22-8-6-12-34-17-22/h5-6,8-9,11-12,16-17,20-21,23,27,35H,3-4,7,10,13-15,18-19H2,1-2H3/t20?,21-,23+,27-/m0/s1. The van der Waals surface area contributed by atoms with Crippen molar-refractivity contribution in [1.82, 2.24) is 14.9 Å². The van der Waals surface area contributed by atoms with Gasteiger partial charge in [0.2, 0.25) is 5.91 Å². The van der Waals surface area contributed by atoms with E-state index in [0.717, 1.165) is 23.7 Å². The molecule has 1 unspecified atom stereocenters. The molecular formula is C33H37N3O7. The second-order valence-electron chi connectivity index (χ2n) is 11.7. The number of esters is 1. The zero-order valence-electron chi connectivity index (χ0n) is 24.5. The molecule has 2 fully saturated rings. The molecule has 1 aliphatic carbocycles. The van der Waals surface area contributed by atoms with Crippen molar-refractivity contribution >= 4 is 40.1 Å². The number of amides is 1. The van der Waals surface area contributed by atoms with E-state index in [9.17, 15) is 24.0 Å². The zero-order valence-corrected chi connectivity index (χ0v) is 24.5. The Kier molecular flexibility index (Phi) is 9.33. The number of carbonyl (C=O) groups is 5. The largest absolute Gasteiger partial charge is 0.496 e. The molecule has 4 atom stereocenters. The van der Waals surface area contributed by atoms with Gasteiger partial charge in [-0.1, -0.05) is 19.4 Å². The maximum Gasteiger partial charge on any atom is 0.340 e. The second-order valence-corrected chi connectivity index (χ2v) is 11.7. The van der Waals surface area contributed by atoms with Gasteiger partial charge in [0.25, 0.3) is 0 Å². The number of nitrogens with one attached hydrogen (secondary N) is 1. The van der Waals surface area contributed by atoms with Crippen LogP contribution >= 0.6 is 0 Å². The first-order chi connectivity index (χ1) is 20.7. The summed E-state index contributed by atoms with van der Waals surface area (Å²) in [6, 6.07) is 9.45. The van der Waals surface area contributed by atoms with Gasteiger partial charge in [-0.15, -0.1) is 0 Å². The Labute approximate surface area is 250 Å². The number of hydrogen-bond donors (Lipinski definition) is 1. The first-order valence-electron chi connectivity index (χ1n) is 14.9. The van der Waals surface area contributed by atoms with E-state index in [2.05, 4.69) is 9.97 Å². The lowest BCUT2D eigenvalue weighted by Crippen LogP contribution is -2.54. The number of methoxy groups -OCH3 is 1. The van der Waals surface area contributed by atoms with Gasteiger partial charge in [-0.2, -0.15) is 0 Å². The predicted octanol–water partition coefficient (Wildman–Crippen LogP) is 4.57. The minimum absolute atomic E-state index is 0.0198. The Balaban J connectivity index is 1.34. The summed E-state index contributed by atoms with van der Waals surface area (Å²) >= 11 is 0. The number of carbonyl (C=O) groups excluding carboxylic acids is 5. The SMILES string of the molecule is COc1cccc2[nH]c(C(=O)C[C@H]3CC(C)CN([C@@H](C[C@@H]4CCCCC4=O)C(=O)COC(=O)c4cccnc4)C3=O)cc12. The van der Waals surface area contributed by atoms with E-state index >= 15 is 0 Å². The van der Waals surface area contributed by atoms with Crippen molar-refractivity contribution in [2.45, 2.75) is 57.9 Å². The molecule has 1 amide bonds. The summed E-state index contributed by atoms with van der Waals surface area (Å²) in [5.41, 5.74) is 1.36. The van der Waals surface area contributed by atoms with Gasteiger partial charge in [-0.05, 0) is 61.9 Å². The number of hydrogen-bond acceptors (Lipinski definition) is 8. The summed E-state index contributed by atoms with van der Waals surface area (Å²) in [5.74, 6) is -1.84. The Morgan fingerprint density at radius 3 is 2.70 bits per heavy atom. The number of benzene rings is 1. The van der Waals surface area contributed by atoms with Gasteiger partial charge in [0.1, 0.15) is 11.5 Å². The number of rotatable bonds is 11. The summed E-state index contributed by atoms with van der Waals surface area (Å²) < 4.78 is 10.7. The van der Waals surface area contributed by atoms with Crippen LogP contribution in [-0.4, -0.2) is 70.4 Å². The van der Waals surface area contributed by atoms with Gasteiger partial charge < -0.3 is 19.4 Å². The highest BCUT2D eigenvalue weighted by Gasteiger charge is 2.41. The van der Waals surface area contributed by atoms with Crippen LogP contribution in [0.15, 0.2) is 48.8 Å². The van der Waals surface area contributed by atoms with Crippen LogP contribution < -0.4 is 4.74 Å². The highest BCUT2D eigenvalue weighted by molar-refractivity contribution is 6.03. The Morgan fingerprint density at radius 1 is 1.12 bits per heavy atom. The van der Waals surface area contributed by atoms with Gasteiger partial charge in [-0.3, -0.25) is 24.2 Å². The molecule has 226 valence electrons.